The fraction of sp³-hybridized carbons (Fsp3) is 0.593. The quantitative estimate of drug-likeness (QED) is 0.581. The smallest absolute Gasteiger partial charge is 0.231 e. The van der Waals surface area contributed by atoms with E-state index >= 15 is 0 Å². The highest BCUT2D eigenvalue weighted by Crippen LogP contribution is 2.38. The third kappa shape index (κ3) is 5.04. The van der Waals surface area contributed by atoms with Gasteiger partial charge in [0.1, 0.15) is 12.1 Å². The molecule has 1 amide bonds. The van der Waals surface area contributed by atoms with Gasteiger partial charge in [-0.05, 0) is 55.8 Å². The third-order valence-corrected chi connectivity index (χ3v) is 8.27. The van der Waals surface area contributed by atoms with Gasteiger partial charge in [-0.3, -0.25) is 9.69 Å². The lowest BCUT2D eigenvalue weighted by Crippen LogP contribution is -2.53. The van der Waals surface area contributed by atoms with Gasteiger partial charge in [-0.25, -0.2) is 9.97 Å². The van der Waals surface area contributed by atoms with Crippen LogP contribution in [-0.2, 0) is 16.0 Å². The van der Waals surface area contributed by atoms with Crippen LogP contribution in [0.15, 0.2) is 30.6 Å². The van der Waals surface area contributed by atoms with Crippen molar-refractivity contribution in [2.45, 2.75) is 50.5 Å². The molecular formula is C27H36ClN5O2. The molecule has 0 radical (unpaired) electrons. The van der Waals surface area contributed by atoms with Crippen molar-refractivity contribution in [3.05, 3.63) is 52.4 Å². The largest absolute Gasteiger partial charge is 0.383 e. The molecule has 35 heavy (non-hydrogen) atoms. The van der Waals surface area contributed by atoms with Gasteiger partial charge in [0.25, 0.3) is 0 Å². The Hall–Kier alpha value is -2.22. The van der Waals surface area contributed by atoms with E-state index in [2.05, 4.69) is 31.6 Å². The maximum atomic E-state index is 14.1. The van der Waals surface area contributed by atoms with Crippen LogP contribution in [0.2, 0.25) is 5.02 Å². The normalized spacial score (nSPS) is 23.5. The molecule has 2 aliphatic heterocycles. The summed E-state index contributed by atoms with van der Waals surface area (Å²) in [6.07, 6.45) is 6.01. The molecule has 1 aromatic heterocycles. The van der Waals surface area contributed by atoms with Gasteiger partial charge < -0.3 is 14.5 Å². The number of rotatable bonds is 7. The second-order valence-electron chi connectivity index (χ2n) is 10.1. The van der Waals surface area contributed by atoms with Crippen molar-refractivity contribution >= 4 is 23.3 Å². The van der Waals surface area contributed by atoms with Gasteiger partial charge in [0.05, 0.1) is 12.5 Å². The molecule has 7 nitrogen and oxygen atoms in total. The average molecular weight is 498 g/mol. The maximum Gasteiger partial charge on any atom is 0.231 e. The molecule has 0 saturated carbocycles. The van der Waals surface area contributed by atoms with Crippen LogP contribution in [-0.4, -0.2) is 84.7 Å². The Morgan fingerprint density at radius 1 is 1.11 bits per heavy atom. The number of ether oxygens (including phenoxy) is 1. The van der Waals surface area contributed by atoms with Crippen LogP contribution in [0.3, 0.4) is 0 Å². The Labute approximate surface area is 213 Å². The highest BCUT2D eigenvalue weighted by Gasteiger charge is 2.40. The Morgan fingerprint density at radius 2 is 1.89 bits per heavy atom. The molecule has 2 fully saturated rings. The number of aromatic nitrogens is 2. The molecular weight excluding hydrogens is 462 g/mol. The van der Waals surface area contributed by atoms with Gasteiger partial charge in [-0.15, -0.1) is 0 Å². The molecule has 0 N–H and O–H groups in total. The summed E-state index contributed by atoms with van der Waals surface area (Å²) in [4.78, 5) is 30.1. The number of fused-ring (bicyclic) bond motifs is 1. The monoisotopic (exact) mass is 497 g/mol. The van der Waals surface area contributed by atoms with Crippen molar-refractivity contribution in [1.82, 2.24) is 19.8 Å². The summed E-state index contributed by atoms with van der Waals surface area (Å²) >= 11 is 6.19. The van der Waals surface area contributed by atoms with Crippen LogP contribution in [0.25, 0.3) is 0 Å². The molecule has 0 bridgehead atoms. The Balaban J connectivity index is 1.33. The fourth-order valence-corrected chi connectivity index (χ4v) is 6.25. The minimum Gasteiger partial charge on any atom is -0.383 e. The maximum absolute atomic E-state index is 14.1. The van der Waals surface area contributed by atoms with Crippen molar-refractivity contribution in [3.63, 3.8) is 0 Å². The highest BCUT2D eigenvalue weighted by molar-refractivity contribution is 6.30. The van der Waals surface area contributed by atoms with Gasteiger partial charge >= 0.3 is 0 Å². The van der Waals surface area contributed by atoms with Crippen molar-refractivity contribution < 1.29 is 9.53 Å². The predicted molar refractivity (Wildman–Crippen MR) is 138 cm³/mol. The Morgan fingerprint density at radius 3 is 2.63 bits per heavy atom. The van der Waals surface area contributed by atoms with Crippen molar-refractivity contribution in [1.29, 1.82) is 0 Å². The summed E-state index contributed by atoms with van der Waals surface area (Å²) in [6.45, 7) is 7.83. The summed E-state index contributed by atoms with van der Waals surface area (Å²) in [5.41, 5.74) is 3.56. The summed E-state index contributed by atoms with van der Waals surface area (Å²) in [5.74, 6) is 1.60. The molecule has 5 rings (SSSR count). The van der Waals surface area contributed by atoms with Crippen molar-refractivity contribution in [3.8, 4) is 0 Å². The number of nitrogens with zero attached hydrogens (tertiary/aromatic N) is 5. The molecule has 0 spiro atoms. The lowest BCUT2D eigenvalue weighted by atomic mass is 9.88. The zero-order valence-corrected chi connectivity index (χ0v) is 21.6. The fourth-order valence-electron chi connectivity index (χ4n) is 6.13. The minimum atomic E-state index is -0.193. The number of halogens is 1. The van der Waals surface area contributed by atoms with E-state index in [1.165, 1.54) is 11.3 Å². The van der Waals surface area contributed by atoms with Crippen LogP contribution in [0.1, 0.15) is 54.8 Å². The number of hydrogen-bond acceptors (Lipinski definition) is 6. The molecule has 0 unspecified atom stereocenters. The topological polar surface area (TPSA) is 61.8 Å². The standard InChI is InChI=1S/C27H36ClN5O2/c1-19-5-10-22-24(19)26(30-18-29-22)32-12-14-33(15-13-32)27(34)25(20-6-8-21(28)9-7-20)23-4-3-11-31(23)16-17-35-2/h6-9,18-19,23,25H,3-5,10-17H2,1-2H3/t19-,23+,25+/m1/s1. The van der Waals surface area contributed by atoms with E-state index in [0.29, 0.717) is 30.6 Å². The Kier molecular flexibility index (Phi) is 7.56. The van der Waals surface area contributed by atoms with Gasteiger partial charge in [-0.2, -0.15) is 0 Å². The van der Waals surface area contributed by atoms with E-state index in [4.69, 9.17) is 16.3 Å². The molecule has 1 aliphatic carbocycles. The van der Waals surface area contributed by atoms with Gasteiger partial charge in [0.15, 0.2) is 0 Å². The SMILES string of the molecule is COCCN1CCC[C@H]1[C@@H](C(=O)N1CCN(c2ncnc3c2[C@H](C)CC3)CC1)c1ccc(Cl)cc1. The first-order valence-corrected chi connectivity index (χ1v) is 13.3. The van der Waals surface area contributed by atoms with E-state index in [-0.39, 0.29) is 17.9 Å². The van der Waals surface area contributed by atoms with E-state index in [1.807, 2.05) is 24.3 Å². The molecule has 2 aromatic rings. The zero-order valence-electron chi connectivity index (χ0n) is 20.8. The zero-order chi connectivity index (χ0) is 24.4. The van der Waals surface area contributed by atoms with Crippen LogP contribution in [0.4, 0.5) is 5.82 Å². The number of anilines is 1. The molecule has 3 aliphatic rings. The summed E-state index contributed by atoms with van der Waals surface area (Å²) < 4.78 is 5.35. The van der Waals surface area contributed by atoms with E-state index in [9.17, 15) is 4.79 Å². The second kappa shape index (κ2) is 10.8. The first kappa shape index (κ1) is 24.5. The summed E-state index contributed by atoms with van der Waals surface area (Å²) in [7, 11) is 1.74. The molecule has 188 valence electrons. The molecule has 8 heteroatoms. The number of aryl methyl sites for hydroxylation is 1. The van der Waals surface area contributed by atoms with Crippen molar-refractivity contribution in [2.24, 2.45) is 0 Å². The first-order chi connectivity index (χ1) is 17.1. The Bertz CT molecular complexity index is 1020. The average Bonchev–Trinajstić information content (AvgIpc) is 3.50. The van der Waals surface area contributed by atoms with Crippen molar-refractivity contribution in [2.75, 3.05) is 57.9 Å². The minimum absolute atomic E-state index is 0.183. The highest BCUT2D eigenvalue weighted by atomic mass is 35.5. The molecule has 1 aromatic carbocycles. The lowest BCUT2D eigenvalue weighted by Gasteiger charge is -2.40. The number of carbonyl (C=O) groups is 1. The van der Waals surface area contributed by atoms with Crippen LogP contribution in [0, 0.1) is 0 Å². The number of piperazine rings is 1. The summed E-state index contributed by atoms with van der Waals surface area (Å²) in [5, 5.41) is 0.697. The van der Waals surface area contributed by atoms with Gasteiger partial charge in [-0.1, -0.05) is 30.7 Å². The number of methoxy groups -OCH3 is 1. The number of likely N-dealkylation sites (tertiary alicyclic amines) is 1. The number of benzene rings is 1. The van der Waals surface area contributed by atoms with Gasteiger partial charge in [0, 0.05) is 62.2 Å². The number of amides is 1. The van der Waals surface area contributed by atoms with Gasteiger partial charge in [0.2, 0.25) is 5.91 Å². The molecule has 3 atom stereocenters. The molecule has 2 saturated heterocycles. The first-order valence-electron chi connectivity index (χ1n) is 12.9. The lowest BCUT2D eigenvalue weighted by molar-refractivity contribution is -0.134. The molecule has 3 heterocycles. The van der Waals surface area contributed by atoms with E-state index in [0.717, 1.165) is 63.2 Å². The van der Waals surface area contributed by atoms with Crippen LogP contribution in [0.5, 0.6) is 0 Å². The van der Waals surface area contributed by atoms with Crippen LogP contribution < -0.4 is 4.90 Å². The predicted octanol–water partition coefficient (Wildman–Crippen LogP) is 3.72. The second-order valence-corrected chi connectivity index (χ2v) is 10.5. The summed E-state index contributed by atoms with van der Waals surface area (Å²) in [6, 6.07) is 8.04. The van der Waals surface area contributed by atoms with Crippen LogP contribution >= 0.6 is 11.6 Å². The number of hydrogen-bond donors (Lipinski definition) is 0. The number of carbonyl (C=O) groups excluding carboxylic acids is 1. The third-order valence-electron chi connectivity index (χ3n) is 8.02. The van der Waals surface area contributed by atoms with E-state index in [1.54, 1.807) is 13.4 Å². The van der Waals surface area contributed by atoms with E-state index < -0.39 is 0 Å².